The van der Waals surface area contributed by atoms with Gasteiger partial charge in [0.1, 0.15) is 0 Å². The Morgan fingerprint density at radius 2 is 2.17 bits per heavy atom. The number of halogens is 3. The molecule has 6 nitrogen and oxygen atoms in total. The maximum absolute atomic E-state index is 12.9. The molecule has 3 heterocycles. The minimum atomic E-state index is -4.32. The number of fused-ring (bicyclic) bond motifs is 1. The van der Waals surface area contributed by atoms with Crippen LogP contribution in [0.2, 0.25) is 0 Å². The summed E-state index contributed by atoms with van der Waals surface area (Å²) >= 11 is 0. The fourth-order valence-corrected chi connectivity index (χ4v) is 5.05. The third kappa shape index (κ3) is 4.56. The van der Waals surface area contributed by atoms with Crippen molar-refractivity contribution in [1.82, 2.24) is 10.2 Å². The van der Waals surface area contributed by atoms with Crippen molar-refractivity contribution in [3.8, 4) is 0 Å². The molecule has 4 atom stereocenters. The predicted molar refractivity (Wildman–Crippen MR) is 97.9 cm³/mol. The van der Waals surface area contributed by atoms with Crippen molar-refractivity contribution >= 4 is 12.4 Å². The maximum Gasteiger partial charge on any atom is 0.416 e. The van der Waals surface area contributed by atoms with Crippen molar-refractivity contribution in [1.29, 1.82) is 0 Å². The average molecular weight is 414 g/mol. The van der Waals surface area contributed by atoms with Crippen LogP contribution < -0.4 is 5.32 Å². The fourth-order valence-electron chi connectivity index (χ4n) is 5.05. The van der Waals surface area contributed by atoms with Gasteiger partial charge in [-0.1, -0.05) is 18.2 Å². The molecule has 2 bridgehead atoms. The normalized spacial score (nSPS) is 30.4. The summed E-state index contributed by atoms with van der Waals surface area (Å²) in [5, 5.41) is 9.80. The Hall–Kier alpha value is -2.13. The largest absolute Gasteiger partial charge is 0.483 e. The number of ether oxygens (including phenoxy) is 1. The highest BCUT2D eigenvalue weighted by Gasteiger charge is 2.62. The summed E-state index contributed by atoms with van der Waals surface area (Å²) in [5.41, 5.74) is -0.118. The molecule has 1 amide bonds. The van der Waals surface area contributed by atoms with Crippen LogP contribution in [0.25, 0.3) is 0 Å². The Morgan fingerprint density at radius 3 is 2.83 bits per heavy atom. The number of carboxylic acid groups (broad SMARTS) is 1. The number of alkyl halides is 3. The van der Waals surface area contributed by atoms with Crippen LogP contribution in [-0.4, -0.2) is 53.7 Å². The number of rotatable bonds is 4. The summed E-state index contributed by atoms with van der Waals surface area (Å²) < 4.78 is 45.1. The third-order valence-electron chi connectivity index (χ3n) is 6.10. The molecule has 0 radical (unpaired) electrons. The van der Waals surface area contributed by atoms with Gasteiger partial charge in [-0.05, 0) is 24.5 Å². The lowest BCUT2D eigenvalue weighted by atomic mass is 9.73. The number of carbonyl (C=O) groups excluding carboxylic acids is 1. The van der Waals surface area contributed by atoms with E-state index in [1.807, 2.05) is 0 Å². The Kier molecular flexibility index (Phi) is 6.19. The topological polar surface area (TPSA) is 78.9 Å². The third-order valence-corrected chi connectivity index (χ3v) is 6.10. The number of benzene rings is 1. The first-order chi connectivity index (χ1) is 13.7. The molecular weight excluding hydrogens is 389 g/mol. The molecule has 0 unspecified atom stereocenters. The van der Waals surface area contributed by atoms with Gasteiger partial charge in [-0.25, -0.2) is 0 Å². The minimum Gasteiger partial charge on any atom is -0.483 e. The molecule has 4 rings (SSSR count). The molecule has 1 spiro atoms. The van der Waals surface area contributed by atoms with Gasteiger partial charge in [0.2, 0.25) is 5.91 Å². The molecule has 0 aliphatic carbocycles. The van der Waals surface area contributed by atoms with E-state index in [4.69, 9.17) is 14.6 Å². The van der Waals surface area contributed by atoms with E-state index in [0.717, 1.165) is 32.0 Å². The highest BCUT2D eigenvalue weighted by molar-refractivity contribution is 5.72. The molecule has 0 aromatic heterocycles. The number of likely N-dealkylation sites (tertiary alicyclic amines) is 1. The van der Waals surface area contributed by atoms with E-state index in [2.05, 4.69) is 10.2 Å². The fraction of sp³-hybridized carbons (Fsp3) is 0.600. The second kappa shape index (κ2) is 8.31. The zero-order chi connectivity index (χ0) is 21.2. The van der Waals surface area contributed by atoms with Crippen molar-refractivity contribution in [3.63, 3.8) is 0 Å². The first kappa shape index (κ1) is 21.6. The van der Waals surface area contributed by atoms with Crippen LogP contribution in [-0.2, 0) is 27.0 Å². The highest BCUT2D eigenvalue weighted by atomic mass is 19.4. The molecule has 3 fully saturated rings. The van der Waals surface area contributed by atoms with Crippen molar-refractivity contribution < 1.29 is 32.6 Å². The molecule has 3 aliphatic heterocycles. The average Bonchev–Trinajstić information content (AvgIpc) is 3.28. The molecule has 0 saturated carbocycles. The lowest BCUT2D eigenvalue weighted by Gasteiger charge is -2.29. The van der Waals surface area contributed by atoms with E-state index in [-0.39, 0.29) is 24.1 Å². The second-order valence-electron chi connectivity index (χ2n) is 7.94. The number of amides is 1. The number of carbonyl (C=O) groups is 2. The van der Waals surface area contributed by atoms with Gasteiger partial charge in [-0.15, -0.1) is 0 Å². The smallest absolute Gasteiger partial charge is 0.416 e. The molecule has 29 heavy (non-hydrogen) atoms. The summed E-state index contributed by atoms with van der Waals surface area (Å²) in [7, 11) is 0. The van der Waals surface area contributed by atoms with Gasteiger partial charge in [0.05, 0.1) is 17.3 Å². The molecule has 1 aromatic rings. The van der Waals surface area contributed by atoms with E-state index in [1.54, 1.807) is 6.07 Å². The van der Waals surface area contributed by atoms with Crippen LogP contribution in [0.15, 0.2) is 24.3 Å². The standard InChI is InChI=1S/C19H23F3N2O2.CH2O2/c1-12(25)23-8-15-16-10-24(11-18(16)6-5-17(15)26-18)9-13-3-2-4-14(7-13)19(20,21)22;2-1-3/h2-4,7,15-17H,5-6,8-11H2,1H3,(H,23,25);1H,(H,2,3)/t15-,16+,17+,18+;/m0./s1. The first-order valence-corrected chi connectivity index (χ1v) is 9.57. The van der Waals surface area contributed by atoms with Crippen molar-refractivity contribution in [2.24, 2.45) is 11.8 Å². The number of nitrogens with zero attached hydrogens (tertiary/aromatic N) is 1. The molecule has 160 valence electrons. The molecule has 1 aromatic carbocycles. The Morgan fingerprint density at radius 1 is 1.45 bits per heavy atom. The van der Waals surface area contributed by atoms with Gasteiger partial charge in [0, 0.05) is 44.9 Å². The Labute approximate surface area is 167 Å². The van der Waals surface area contributed by atoms with Crippen LogP contribution in [0.3, 0.4) is 0 Å². The molecule has 3 aliphatic rings. The zero-order valence-electron chi connectivity index (χ0n) is 16.1. The van der Waals surface area contributed by atoms with Gasteiger partial charge in [-0.3, -0.25) is 14.5 Å². The second-order valence-corrected chi connectivity index (χ2v) is 7.94. The number of hydrogen-bond acceptors (Lipinski definition) is 4. The van der Waals surface area contributed by atoms with Crippen LogP contribution in [0, 0.1) is 11.8 Å². The molecule has 3 saturated heterocycles. The van der Waals surface area contributed by atoms with Crippen LogP contribution >= 0.6 is 0 Å². The summed E-state index contributed by atoms with van der Waals surface area (Å²) in [4.78, 5) is 21.8. The molecular formula is C20H25F3N2O4. The summed E-state index contributed by atoms with van der Waals surface area (Å²) in [5.74, 6) is 0.582. The molecule has 9 heteroatoms. The zero-order valence-corrected chi connectivity index (χ0v) is 16.1. The van der Waals surface area contributed by atoms with Gasteiger partial charge in [0.25, 0.3) is 6.47 Å². The van der Waals surface area contributed by atoms with Crippen molar-refractivity contribution in [2.45, 2.75) is 44.2 Å². The SMILES string of the molecule is CC(=O)NC[C@H]1[C@H]2CN(Cc3cccc(C(F)(F)F)c3)C[C@]23CC[C@H]1O3.O=CO. The van der Waals surface area contributed by atoms with Gasteiger partial charge >= 0.3 is 6.18 Å². The van der Waals surface area contributed by atoms with E-state index in [1.165, 1.54) is 19.1 Å². The maximum atomic E-state index is 12.9. The van der Waals surface area contributed by atoms with E-state index < -0.39 is 11.7 Å². The summed E-state index contributed by atoms with van der Waals surface area (Å²) in [6.45, 7) is 3.92. The van der Waals surface area contributed by atoms with Gasteiger partial charge < -0.3 is 15.2 Å². The number of hydrogen-bond donors (Lipinski definition) is 2. The first-order valence-electron chi connectivity index (χ1n) is 9.57. The predicted octanol–water partition coefficient (Wildman–Crippen LogP) is 2.52. The van der Waals surface area contributed by atoms with Crippen molar-refractivity contribution in [3.05, 3.63) is 35.4 Å². The van der Waals surface area contributed by atoms with Crippen molar-refractivity contribution in [2.75, 3.05) is 19.6 Å². The monoisotopic (exact) mass is 414 g/mol. The van der Waals surface area contributed by atoms with Gasteiger partial charge in [-0.2, -0.15) is 13.2 Å². The minimum absolute atomic E-state index is 0.0411. The van der Waals surface area contributed by atoms with E-state index in [0.29, 0.717) is 30.5 Å². The number of nitrogens with one attached hydrogen (secondary N) is 1. The van der Waals surface area contributed by atoms with Crippen LogP contribution in [0.5, 0.6) is 0 Å². The lowest BCUT2D eigenvalue weighted by molar-refractivity contribution is -0.137. The van der Waals surface area contributed by atoms with E-state index in [9.17, 15) is 18.0 Å². The quantitative estimate of drug-likeness (QED) is 0.741. The Balaban J connectivity index is 0.000000755. The summed E-state index contributed by atoms with van der Waals surface area (Å²) in [6, 6.07) is 5.55. The van der Waals surface area contributed by atoms with E-state index >= 15 is 0 Å². The Bertz CT molecular complexity index is 757. The summed E-state index contributed by atoms with van der Waals surface area (Å²) in [6.07, 6.45) is -2.13. The van der Waals surface area contributed by atoms with Crippen LogP contribution in [0.1, 0.15) is 30.9 Å². The van der Waals surface area contributed by atoms with Crippen LogP contribution in [0.4, 0.5) is 13.2 Å². The highest BCUT2D eigenvalue weighted by Crippen LogP contribution is 2.54. The molecule has 2 N–H and O–H groups in total. The lowest BCUT2D eigenvalue weighted by Crippen LogP contribution is -2.41. The van der Waals surface area contributed by atoms with Gasteiger partial charge in [0.15, 0.2) is 0 Å².